The molecule has 0 radical (unpaired) electrons. The van der Waals surface area contributed by atoms with E-state index in [0.717, 1.165) is 20.9 Å². The normalized spacial score (nSPS) is 10.1. The SMILES string of the molecule is C=Cc1ccccc1SOSc1ccccc1C=C. The second-order valence-corrected chi connectivity index (χ2v) is 5.48. The standard InChI is InChI=1S/C16H14OS2/c1-3-13-9-5-7-11-15(13)18-17-19-16-12-8-6-10-14(16)4-2/h3-12H,1-2H2. The second kappa shape index (κ2) is 7.24. The Morgan fingerprint density at radius 3 is 1.58 bits per heavy atom. The Bertz CT molecular complexity index is 527. The largest absolute Gasteiger partial charge is 0.237 e. The van der Waals surface area contributed by atoms with Crippen LogP contribution in [-0.2, 0) is 3.63 Å². The average Bonchev–Trinajstić information content (AvgIpc) is 2.48. The van der Waals surface area contributed by atoms with Gasteiger partial charge in [-0.2, -0.15) is 0 Å². The fraction of sp³-hybridized carbons (Fsp3) is 0. The van der Waals surface area contributed by atoms with E-state index in [-0.39, 0.29) is 0 Å². The highest BCUT2D eigenvalue weighted by Crippen LogP contribution is 2.33. The van der Waals surface area contributed by atoms with Crippen LogP contribution in [0.3, 0.4) is 0 Å². The van der Waals surface area contributed by atoms with Crippen molar-refractivity contribution in [3.8, 4) is 0 Å². The molecular weight excluding hydrogens is 272 g/mol. The van der Waals surface area contributed by atoms with Crippen molar-refractivity contribution in [3.05, 3.63) is 72.8 Å². The van der Waals surface area contributed by atoms with Gasteiger partial charge in [0, 0.05) is 33.9 Å². The molecule has 0 bridgehead atoms. The molecule has 2 aromatic carbocycles. The minimum Gasteiger partial charge on any atom is -0.237 e. The highest BCUT2D eigenvalue weighted by Gasteiger charge is 2.03. The van der Waals surface area contributed by atoms with Gasteiger partial charge >= 0.3 is 0 Å². The van der Waals surface area contributed by atoms with Crippen molar-refractivity contribution in [1.29, 1.82) is 0 Å². The van der Waals surface area contributed by atoms with Gasteiger partial charge in [-0.25, -0.2) is 3.63 Å². The summed E-state index contributed by atoms with van der Waals surface area (Å²) in [7, 11) is 0. The topological polar surface area (TPSA) is 9.23 Å². The molecular formula is C16H14OS2. The van der Waals surface area contributed by atoms with Gasteiger partial charge in [-0.3, -0.25) is 0 Å². The minimum absolute atomic E-state index is 1.06. The van der Waals surface area contributed by atoms with Gasteiger partial charge < -0.3 is 0 Å². The molecule has 0 N–H and O–H groups in total. The maximum Gasteiger partial charge on any atom is 0.0454 e. The Hall–Kier alpha value is -1.42. The highest BCUT2D eigenvalue weighted by molar-refractivity contribution is 8.08. The molecule has 2 aromatic rings. The predicted molar refractivity (Wildman–Crippen MR) is 85.9 cm³/mol. The average molecular weight is 286 g/mol. The van der Waals surface area contributed by atoms with Gasteiger partial charge in [-0.1, -0.05) is 61.7 Å². The van der Waals surface area contributed by atoms with Crippen molar-refractivity contribution in [2.45, 2.75) is 9.79 Å². The van der Waals surface area contributed by atoms with E-state index in [1.165, 1.54) is 24.1 Å². The predicted octanol–water partition coefficient (Wildman–Crippen LogP) is 5.70. The van der Waals surface area contributed by atoms with E-state index < -0.39 is 0 Å². The van der Waals surface area contributed by atoms with Crippen LogP contribution in [0.4, 0.5) is 0 Å². The molecule has 0 unspecified atom stereocenters. The molecule has 1 nitrogen and oxygen atoms in total. The number of rotatable bonds is 6. The number of hydrogen-bond acceptors (Lipinski definition) is 3. The van der Waals surface area contributed by atoms with E-state index in [2.05, 4.69) is 13.2 Å². The third-order valence-electron chi connectivity index (χ3n) is 2.53. The lowest BCUT2D eigenvalue weighted by atomic mass is 10.2. The van der Waals surface area contributed by atoms with Crippen LogP contribution in [0.2, 0.25) is 0 Å². The molecule has 0 fully saturated rings. The van der Waals surface area contributed by atoms with Crippen LogP contribution in [0.15, 0.2) is 71.5 Å². The molecule has 3 heteroatoms. The lowest BCUT2D eigenvalue weighted by Crippen LogP contribution is -1.80. The Labute approximate surface area is 122 Å². The van der Waals surface area contributed by atoms with Gasteiger partial charge in [0.1, 0.15) is 0 Å². The third-order valence-corrected chi connectivity index (χ3v) is 4.17. The van der Waals surface area contributed by atoms with Gasteiger partial charge in [-0.05, 0) is 23.3 Å². The highest BCUT2D eigenvalue weighted by atomic mass is 32.2. The van der Waals surface area contributed by atoms with Gasteiger partial charge in [-0.15, -0.1) is 0 Å². The van der Waals surface area contributed by atoms with Crippen LogP contribution in [-0.4, -0.2) is 0 Å². The maximum atomic E-state index is 5.63. The van der Waals surface area contributed by atoms with E-state index in [9.17, 15) is 0 Å². The summed E-state index contributed by atoms with van der Waals surface area (Å²) in [6.07, 6.45) is 3.65. The first kappa shape index (κ1) is 14.0. The molecule has 0 aromatic heterocycles. The lowest BCUT2D eigenvalue weighted by Gasteiger charge is -2.06. The Morgan fingerprint density at radius 2 is 1.16 bits per heavy atom. The van der Waals surface area contributed by atoms with Gasteiger partial charge in [0.25, 0.3) is 0 Å². The first-order chi connectivity index (χ1) is 9.35. The van der Waals surface area contributed by atoms with Crippen LogP contribution in [0.25, 0.3) is 12.2 Å². The van der Waals surface area contributed by atoms with Crippen molar-refractivity contribution in [2.24, 2.45) is 0 Å². The molecule has 0 aliphatic rings. The fourth-order valence-electron chi connectivity index (χ4n) is 1.54. The van der Waals surface area contributed by atoms with Gasteiger partial charge in [0.05, 0.1) is 0 Å². The molecule has 19 heavy (non-hydrogen) atoms. The summed E-state index contributed by atoms with van der Waals surface area (Å²) < 4.78 is 5.63. The Balaban J connectivity index is 2.00. The summed E-state index contributed by atoms with van der Waals surface area (Å²) >= 11 is 2.69. The Kier molecular flexibility index (Phi) is 5.33. The van der Waals surface area contributed by atoms with Crippen molar-refractivity contribution < 1.29 is 3.63 Å². The molecule has 0 aliphatic carbocycles. The lowest BCUT2D eigenvalue weighted by molar-refractivity contribution is 0.756. The number of benzene rings is 2. The van der Waals surface area contributed by atoms with Crippen LogP contribution < -0.4 is 0 Å². The van der Waals surface area contributed by atoms with E-state index in [0.29, 0.717) is 0 Å². The third kappa shape index (κ3) is 3.77. The maximum absolute atomic E-state index is 5.63. The molecule has 0 spiro atoms. The smallest absolute Gasteiger partial charge is 0.0454 e. The van der Waals surface area contributed by atoms with Crippen LogP contribution in [0.1, 0.15) is 11.1 Å². The van der Waals surface area contributed by atoms with Crippen molar-refractivity contribution in [2.75, 3.05) is 0 Å². The summed E-state index contributed by atoms with van der Waals surface area (Å²) in [4.78, 5) is 2.11. The zero-order chi connectivity index (χ0) is 13.5. The quantitative estimate of drug-likeness (QED) is 0.630. The summed E-state index contributed by atoms with van der Waals surface area (Å²) in [5.41, 5.74) is 2.15. The molecule has 0 aliphatic heterocycles. The second-order valence-electron chi connectivity index (χ2n) is 3.72. The van der Waals surface area contributed by atoms with Crippen molar-refractivity contribution in [1.82, 2.24) is 0 Å². The zero-order valence-corrected chi connectivity index (χ0v) is 12.0. The monoisotopic (exact) mass is 286 g/mol. The molecule has 0 saturated heterocycles. The summed E-state index contributed by atoms with van der Waals surface area (Å²) in [5.74, 6) is 0. The molecule has 0 atom stereocenters. The van der Waals surface area contributed by atoms with Crippen molar-refractivity contribution in [3.63, 3.8) is 0 Å². The minimum atomic E-state index is 1.06. The summed E-state index contributed by atoms with van der Waals surface area (Å²) in [6, 6.07) is 16.0. The van der Waals surface area contributed by atoms with Gasteiger partial charge in [0.2, 0.25) is 0 Å². The zero-order valence-electron chi connectivity index (χ0n) is 10.4. The van der Waals surface area contributed by atoms with Crippen LogP contribution >= 0.6 is 24.1 Å². The molecule has 96 valence electrons. The first-order valence-electron chi connectivity index (χ1n) is 5.79. The Morgan fingerprint density at radius 1 is 0.737 bits per heavy atom. The van der Waals surface area contributed by atoms with Gasteiger partial charge in [0.15, 0.2) is 0 Å². The van der Waals surface area contributed by atoms with E-state index in [1.807, 2.05) is 60.7 Å². The molecule has 0 saturated carbocycles. The van der Waals surface area contributed by atoms with E-state index >= 15 is 0 Å². The fourth-order valence-corrected chi connectivity index (χ4v) is 3.03. The van der Waals surface area contributed by atoms with Crippen LogP contribution in [0.5, 0.6) is 0 Å². The van der Waals surface area contributed by atoms with E-state index in [4.69, 9.17) is 3.63 Å². The first-order valence-corrected chi connectivity index (χ1v) is 7.27. The summed E-state index contributed by atoms with van der Waals surface area (Å²) in [6.45, 7) is 7.59. The summed E-state index contributed by atoms with van der Waals surface area (Å²) in [5, 5.41) is 0. The van der Waals surface area contributed by atoms with E-state index in [1.54, 1.807) is 0 Å². The molecule has 2 rings (SSSR count). The molecule has 0 heterocycles. The number of hydrogen-bond donors (Lipinski definition) is 0. The van der Waals surface area contributed by atoms with Crippen LogP contribution in [0, 0.1) is 0 Å². The van der Waals surface area contributed by atoms with Crippen molar-refractivity contribution >= 4 is 36.2 Å². The molecule has 0 amide bonds.